The van der Waals surface area contributed by atoms with E-state index in [1.165, 1.54) is 11.8 Å². The monoisotopic (exact) mass is 410 g/mol. The predicted molar refractivity (Wildman–Crippen MR) is 112 cm³/mol. The summed E-state index contributed by atoms with van der Waals surface area (Å²) in [6.45, 7) is 1.76. The molecule has 26 heavy (non-hydrogen) atoms. The van der Waals surface area contributed by atoms with Crippen molar-refractivity contribution in [1.82, 2.24) is 0 Å². The standard InChI is InChI=1S/C18H22N2O3S3/c1-4-25-17-11-6-5-10-16(17)19-18(21)13-20(26(3,22)23)14-8-7-9-15(12-14)24-2/h5-12H,4,13H2,1-3H3,(H,19,21). The number of hydrogen-bond donors (Lipinski definition) is 1. The van der Waals surface area contributed by atoms with Crippen LogP contribution in [-0.2, 0) is 14.8 Å². The lowest BCUT2D eigenvalue weighted by atomic mass is 10.3. The number of nitrogens with one attached hydrogen (secondary N) is 1. The number of para-hydroxylation sites is 1. The molecule has 0 saturated carbocycles. The van der Waals surface area contributed by atoms with Crippen molar-refractivity contribution in [2.24, 2.45) is 0 Å². The van der Waals surface area contributed by atoms with Crippen LogP contribution in [0.3, 0.4) is 0 Å². The molecule has 0 heterocycles. The summed E-state index contributed by atoms with van der Waals surface area (Å²) in [4.78, 5) is 14.4. The minimum Gasteiger partial charge on any atom is -0.323 e. The molecule has 0 fully saturated rings. The maximum absolute atomic E-state index is 12.5. The van der Waals surface area contributed by atoms with Crippen molar-refractivity contribution in [3.05, 3.63) is 48.5 Å². The van der Waals surface area contributed by atoms with Crippen molar-refractivity contribution in [1.29, 1.82) is 0 Å². The fourth-order valence-electron chi connectivity index (χ4n) is 2.34. The van der Waals surface area contributed by atoms with Gasteiger partial charge in [-0.3, -0.25) is 9.10 Å². The number of benzene rings is 2. The Hall–Kier alpha value is -1.64. The maximum Gasteiger partial charge on any atom is 0.245 e. The van der Waals surface area contributed by atoms with Gasteiger partial charge in [0, 0.05) is 9.79 Å². The molecule has 2 aromatic rings. The highest BCUT2D eigenvalue weighted by atomic mass is 32.2. The fourth-order valence-corrected chi connectivity index (χ4v) is 4.40. The van der Waals surface area contributed by atoms with E-state index in [4.69, 9.17) is 0 Å². The highest BCUT2D eigenvalue weighted by molar-refractivity contribution is 7.99. The van der Waals surface area contributed by atoms with Gasteiger partial charge >= 0.3 is 0 Å². The quantitative estimate of drug-likeness (QED) is 0.668. The zero-order valence-electron chi connectivity index (χ0n) is 14.9. The number of amides is 1. The van der Waals surface area contributed by atoms with Gasteiger partial charge < -0.3 is 5.32 Å². The SMILES string of the molecule is CCSc1ccccc1NC(=O)CN(c1cccc(SC)c1)S(C)(=O)=O. The number of rotatable bonds is 8. The molecular weight excluding hydrogens is 388 g/mol. The Bertz CT molecular complexity index is 869. The molecular formula is C18H22N2O3S3. The summed E-state index contributed by atoms with van der Waals surface area (Å²) < 4.78 is 25.6. The van der Waals surface area contributed by atoms with Crippen LogP contribution in [0.5, 0.6) is 0 Å². The smallest absolute Gasteiger partial charge is 0.245 e. The van der Waals surface area contributed by atoms with Gasteiger partial charge in [0.25, 0.3) is 0 Å². The number of thioether (sulfide) groups is 2. The van der Waals surface area contributed by atoms with Gasteiger partial charge in [-0.1, -0.05) is 25.1 Å². The van der Waals surface area contributed by atoms with Gasteiger partial charge in [-0.05, 0) is 42.3 Å². The molecule has 1 amide bonds. The summed E-state index contributed by atoms with van der Waals surface area (Å²) >= 11 is 3.14. The molecule has 0 aliphatic rings. The Morgan fingerprint density at radius 1 is 1.15 bits per heavy atom. The number of nitrogens with zero attached hydrogens (tertiary/aromatic N) is 1. The fraction of sp³-hybridized carbons (Fsp3) is 0.278. The van der Waals surface area contributed by atoms with Gasteiger partial charge in [-0.25, -0.2) is 8.42 Å². The summed E-state index contributed by atoms with van der Waals surface area (Å²) in [5.41, 5.74) is 1.17. The van der Waals surface area contributed by atoms with E-state index >= 15 is 0 Å². The zero-order valence-corrected chi connectivity index (χ0v) is 17.4. The molecule has 0 aliphatic carbocycles. The van der Waals surface area contributed by atoms with Gasteiger partial charge in [0.2, 0.25) is 15.9 Å². The molecule has 0 bridgehead atoms. The molecule has 0 spiro atoms. The van der Waals surface area contributed by atoms with E-state index < -0.39 is 10.0 Å². The number of carbonyl (C=O) groups excluding carboxylic acids is 1. The second-order valence-corrected chi connectivity index (χ2v) is 9.54. The van der Waals surface area contributed by atoms with E-state index in [9.17, 15) is 13.2 Å². The van der Waals surface area contributed by atoms with Crippen molar-refractivity contribution in [2.75, 3.05) is 34.4 Å². The molecule has 0 aromatic heterocycles. The minimum absolute atomic E-state index is 0.276. The predicted octanol–water partition coefficient (Wildman–Crippen LogP) is 3.93. The number of carbonyl (C=O) groups is 1. The highest BCUT2D eigenvalue weighted by Gasteiger charge is 2.21. The molecule has 0 aliphatic heterocycles. The third-order valence-electron chi connectivity index (χ3n) is 3.49. The average molecular weight is 411 g/mol. The van der Waals surface area contributed by atoms with Crippen LogP contribution in [0, 0.1) is 0 Å². The van der Waals surface area contributed by atoms with Gasteiger partial charge in [0.15, 0.2) is 0 Å². The van der Waals surface area contributed by atoms with Crippen molar-refractivity contribution < 1.29 is 13.2 Å². The lowest BCUT2D eigenvalue weighted by molar-refractivity contribution is -0.114. The zero-order chi connectivity index (χ0) is 19.2. The molecule has 1 N–H and O–H groups in total. The molecule has 8 heteroatoms. The molecule has 0 saturated heterocycles. The van der Waals surface area contributed by atoms with E-state index in [0.717, 1.165) is 26.1 Å². The summed E-state index contributed by atoms with van der Waals surface area (Å²) in [7, 11) is -3.59. The summed E-state index contributed by atoms with van der Waals surface area (Å²) in [6.07, 6.45) is 3.02. The lowest BCUT2D eigenvalue weighted by Gasteiger charge is -2.22. The highest BCUT2D eigenvalue weighted by Crippen LogP contribution is 2.27. The molecule has 5 nitrogen and oxygen atoms in total. The van der Waals surface area contributed by atoms with Crippen LogP contribution in [0.25, 0.3) is 0 Å². The normalized spacial score (nSPS) is 11.2. The molecule has 2 aromatic carbocycles. The Balaban J connectivity index is 2.23. The van der Waals surface area contributed by atoms with Crippen LogP contribution in [0.4, 0.5) is 11.4 Å². The van der Waals surface area contributed by atoms with Gasteiger partial charge in [-0.15, -0.1) is 23.5 Å². The van der Waals surface area contributed by atoms with E-state index in [1.807, 2.05) is 43.5 Å². The first-order valence-electron chi connectivity index (χ1n) is 7.98. The van der Waals surface area contributed by atoms with E-state index in [2.05, 4.69) is 5.32 Å². The number of sulfonamides is 1. The van der Waals surface area contributed by atoms with E-state index in [0.29, 0.717) is 11.4 Å². The van der Waals surface area contributed by atoms with Gasteiger partial charge in [-0.2, -0.15) is 0 Å². The van der Waals surface area contributed by atoms with Crippen LogP contribution in [0.2, 0.25) is 0 Å². The second-order valence-electron chi connectivity index (χ2n) is 5.45. The van der Waals surface area contributed by atoms with Crippen molar-refractivity contribution in [3.8, 4) is 0 Å². The maximum atomic E-state index is 12.5. The lowest BCUT2D eigenvalue weighted by Crippen LogP contribution is -2.37. The van der Waals surface area contributed by atoms with Crippen LogP contribution in [0.1, 0.15) is 6.92 Å². The first-order chi connectivity index (χ1) is 12.3. The molecule has 0 atom stereocenters. The van der Waals surface area contributed by atoms with Crippen LogP contribution in [0.15, 0.2) is 58.3 Å². The Morgan fingerprint density at radius 2 is 1.88 bits per heavy atom. The Kier molecular flexibility index (Phi) is 7.43. The van der Waals surface area contributed by atoms with Gasteiger partial charge in [0.1, 0.15) is 6.54 Å². The second kappa shape index (κ2) is 9.34. The first-order valence-corrected chi connectivity index (χ1v) is 12.0. The molecule has 0 unspecified atom stereocenters. The summed E-state index contributed by atoms with van der Waals surface area (Å²) in [5.74, 6) is 0.498. The Morgan fingerprint density at radius 3 is 2.54 bits per heavy atom. The third kappa shape index (κ3) is 5.69. The third-order valence-corrected chi connectivity index (χ3v) is 6.31. The van der Waals surface area contributed by atoms with E-state index in [-0.39, 0.29) is 12.5 Å². The largest absolute Gasteiger partial charge is 0.323 e. The topological polar surface area (TPSA) is 66.5 Å². The summed E-state index contributed by atoms with van der Waals surface area (Å²) in [6, 6.07) is 14.6. The van der Waals surface area contributed by atoms with Crippen molar-refractivity contribution >= 4 is 50.8 Å². The van der Waals surface area contributed by atoms with E-state index in [1.54, 1.807) is 30.0 Å². The van der Waals surface area contributed by atoms with Crippen LogP contribution in [-0.4, -0.2) is 39.1 Å². The number of hydrogen-bond acceptors (Lipinski definition) is 5. The summed E-state index contributed by atoms with van der Waals surface area (Å²) in [5, 5.41) is 2.83. The molecule has 140 valence electrons. The first kappa shape index (κ1) is 20.7. The van der Waals surface area contributed by atoms with Crippen LogP contribution < -0.4 is 9.62 Å². The minimum atomic E-state index is -3.59. The molecule has 0 radical (unpaired) electrons. The van der Waals surface area contributed by atoms with Crippen molar-refractivity contribution in [3.63, 3.8) is 0 Å². The van der Waals surface area contributed by atoms with Crippen molar-refractivity contribution in [2.45, 2.75) is 16.7 Å². The van der Waals surface area contributed by atoms with Crippen LogP contribution >= 0.6 is 23.5 Å². The van der Waals surface area contributed by atoms with Gasteiger partial charge in [0.05, 0.1) is 17.6 Å². The number of anilines is 2. The molecule has 2 rings (SSSR count). The Labute approximate surface area is 163 Å². The average Bonchev–Trinajstić information content (AvgIpc) is 2.60.